The van der Waals surface area contributed by atoms with Gasteiger partial charge in [-0.25, -0.2) is 4.98 Å². The molecule has 1 aromatic heterocycles. The molecule has 0 saturated heterocycles. The van der Waals surface area contributed by atoms with Crippen LogP contribution in [-0.2, 0) is 25.8 Å². The van der Waals surface area contributed by atoms with Crippen molar-refractivity contribution in [3.63, 3.8) is 0 Å². The van der Waals surface area contributed by atoms with Gasteiger partial charge in [-0.2, -0.15) is 0 Å². The van der Waals surface area contributed by atoms with E-state index in [0.717, 1.165) is 0 Å². The van der Waals surface area contributed by atoms with Crippen LogP contribution in [0.4, 0.5) is 0 Å². The Morgan fingerprint density at radius 1 is 1.19 bits per heavy atom. The molecule has 200 valence electrons. The third-order valence-corrected chi connectivity index (χ3v) is 5.84. The number of benzene rings is 1. The van der Waals surface area contributed by atoms with Gasteiger partial charge in [-0.1, -0.05) is 46.3 Å². The fourth-order valence-corrected chi connectivity index (χ4v) is 4.00. The molecule has 11 nitrogen and oxygen atoms in total. The Bertz CT molecular complexity index is 1090. The van der Waals surface area contributed by atoms with Gasteiger partial charge >= 0.3 is 0 Å². The fraction of sp³-hybridized carbons (Fsp3) is 0.600. The summed E-state index contributed by atoms with van der Waals surface area (Å²) in [4.78, 5) is 50.3. The summed E-state index contributed by atoms with van der Waals surface area (Å²) in [6.07, 6.45) is -0.307. The number of ether oxygens (including phenoxy) is 1. The molecule has 0 bridgehead atoms. The van der Waals surface area contributed by atoms with E-state index < -0.39 is 23.5 Å². The van der Waals surface area contributed by atoms with Gasteiger partial charge in [0.25, 0.3) is 5.56 Å². The number of aromatic amines is 1. The minimum atomic E-state index is -0.762. The zero-order valence-corrected chi connectivity index (χ0v) is 22.1. The smallest absolute Gasteiger partial charge is 0.258 e. The number of H-pyrrole nitrogens is 1. The first kappa shape index (κ1) is 29.4. The fourth-order valence-electron chi connectivity index (χ4n) is 4.00. The number of nitrogens with zero attached hydrogens (tertiary/aromatic N) is 1. The van der Waals surface area contributed by atoms with Crippen molar-refractivity contribution in [2.75, 3.05) is 13.7 Å². The molecule has 0 aliphatic heterocycles. The summed E-state index contributed by atoms with van der Waals surface area (Å²) in [6.45, 7) is 11.2. The third kappa shape index (κ3) is 8.09. The highest BCUT2D eigenvalue weighted by atomic mass is 16.8. The molecule has 36 heavy (non-hydrogen) atoms. The molecule has 1 heterocycles. The van der Waals surface area contributed by atoms with Crippen LogP contribution in [0.1, 0.15) is 52.4 Å². The quantitative estimate of drug-likeness (QED) is 0.274. The summed E-state index contributed by atoms with van der Waals surface area (Å²) in [5.41, 5.74) is 2.15. The molecule has 0 aliphatic carbocycles. The van der Waals surface area contributed by atoms with Gasteiger partial charge in [0.2, 0.25) is 11.8 Å². The molecule has 3 atom stereocenters. The van der Waals surface area contributed by atoms with Gasteiger partial charge in [-0.05, 0) is 42.4 Å². The highest BCUT2D eigenvalue weighted by molar-refractivity contribution is 5.89. The summed E-state index contributed by atoms with van der Waals surface area (Å²) in [6, 6.07) is 4.48. The zero-order chi connectivity index (χ0) is 27.0. The normalized spacial score (nSPS) is 14.5. The van der Waals surface area contributed by atoms with E-state index in [1.165, 1.54) is 7.05 Å². The zero-order valence-electron chi connectivity index (χ0n) is 22.1. The Hall–Kier alpha value is -2.86. The molecular formula is C25H39N5O6. The second-order valence-electron chi connectivity index (χ2n) is 10.4. The summed E-state index contributed by atoms with van der Waals surface area (Å²) >= 11 is 0. The van der Waals surface area contributed by atoms with Gasteiger partial charge in [0.15, 0.2) is 0 Å². The molecule has 1 aromatic carbocycles. The van der Waals surface area contributed by atoms with E-state index in [9.17, 15) is 14.4 Å². The van der Waals surface area contributed by atoms with Gasteiger partial charge in [-0.15, -0.1) is 0 Å². The Morgan fingerprint density at radius 3 is 2.47 bits per heavy atom. The van der Waals surface area contributed by atoms with Crippen LogP contribution in [0.5, 0.6) is 0 Å². The summed E-state index contributed by atoms with van der Waals surface area (Å²) in [5.74, 6) is -0.668. The first-order valence-corrected chi connectivity index (χ1v) is 12.0. The number of carbonyl (C=O) groups is 2. The monoisotopic (exact) mass is 505 g/mol. The maximum atomic E-state index is 13.5. The van der Waals surface area contributed by atoms with E-state index in [-0.39, 0.29) is 36.5 Å². The van der Waals surface area contributed by atoms with Gasteiger partial charge in [-0.3, -0.25) is 24.4 Å². The standard InChI is InChI=1S/C25H39N5O6/c1-14(2)10-18(23(32)29-21(24(33)26-7)25(4,5)6)20(13-36-30-34)35-12-16-8-9-19-17(11-16)22(31)28-15(3)27-19/h8-9,11,14,18,20-21,30,34H,10,12-13H2,1-7H3,(H,26,33)(H,29,32)(H,27,28,31). The number of carbonyl (C=O) groups excluding carboxylic acids is 2. The second kappa shape index (κ2) is 12.9. The maximum Gasteiger partial charge on any atom is 0.258 e. The van der Waals surface area contributed by atoms with Crippen molar-refractivity contribution in [2.45, 2.75) is 66.7 Å². The van der Waals surface area contributed by atoms with E-state index in [1.807, 2.05) is 34.6 Å². The lowest BCUT2D eigenvalue weighted by Crippen LogP contribution is -2.55. The summed E-state index contributed by atoms with van der Waals surface area (Å²) < 4.78 is 6.11. The van der Waals surface area contributed by atoms with Crippen LogP contribution in [0.3, 0.4) is 0 Å². The predicted molar refractivity (Wildman–Crippen MR) is 135 cm³/mol. The Balaban J connectivity index is 2.30. The van der Waals surface area contributed by atoms with E-state index in [4.69, 9.17) is 14.8 Å². The average Bonchev–Trinajstić information content (AvgIpc) is 2.80. The maximum absolute atomic E-state index is 13.5. The Kier molecular flexibility index (Phi) is 10.5. The van der Waals surface area contributed by atoms with Crippen LogP contribution in [-0.4, -0.2) is 52.8 Å². The molecule has 2 aromatic rings. The molecular weight excluding hydrogens is 466 g/mol. The lowest BCUT2D eigenvalue weighted by atomic mass is 9.84. The SMILES string of the molecule is CNC(=O)C(NC(=O)C(CC(C)C)C(CONO)OCc1ccc2nc(C)[nH]c(=O)c2c1)C(C)(C)C. The van der Waals surface area contributed by atoms with Crippen molar-refractivity contribution in [3.8, 4) is 0 Å². The van der Waals surface area contributed by atoms with Crippen molar-refractivity contribution in [2.24, 2.45) is 17.3 Å². The van der Waals surface area contributed by atoms with Crippen LogP contribution in [0.25, 0.3) is 10.9 Å². The Labute approximate surface area is 211 Å². The average molecular weight is 506 g/mol. The largest absolute Gasteiger partial charge is 0.370 e. The molecule has 3 unspecified atom stereocenters. The van der Waals surface area contributed by atoms with E-state index in [2.05, 4.69) is 20.6 Å². The molecule has 0 saturated carbocycles. The lowest BCUT2D eigenvalue weighted by molar-refractivity contribution is -0.170. The second-order valence-corrected chi connectivity index (χ2v) is 10.4. The van der Waals surface area contributed by atoms with Crippen LogP contribution < -0.4 is 21.8 Å². The predicted octanol–water partition coefficient (Wildman–Crippen LogP) is 1.97. The molecule has 0 aliphatic rings. The minimum Gasteiger partial charge on any atom is -0.370 e. The Morgan fingerprint density at radius 2 is 1.89 bits per heavy atom. The number of aromatic nitrogens is 2. The van der Waals surface area contributed by atoms with Crippen LogP contribution >= 0.6 is 0 Å². The van der Waals surface area contributed by atoms with Crippen molar-refractivity contribution >= 4 is 22.7 Å². The number of fused-ring (bicyclic) bond motifs is 1. The molecule has 5 N–H and O–H groups in total. The number of likely N-dealkylation sites (N-methyl/N-ethyl adjacent to an activating group) is 1. The molecule has 11 heteroatoms. The topological polar surface area (TPSA) is 155 Å². The van der Waals surface area contributed by atoms with Crippen molar-refractivity contribution < 1.29 is 24.4 Å². The summed E-state index contributed by atoms with van der Waals surface area (Å²) in [5, 5.41) is 14.9. The van der Waals surface area contributed by atoms with Crippen LogP contribution in [0, 0.1) is 24.2 Å². The van der Waals surface area contributed by atoms with E-state index in [0.29, 0.717) is 28.7 Å². The number of nitrogens with one attached hydrogen (secondary N) is 4. The molecule has 0 spiro atoms. The summed E-state index contributed by atoms with van der Waals surface area (Å²) in [7, 11) is 1.52. The van der Waals surface area contributed by atoms with Gasteiger partial charge in [0.05, 0.1) is 36.1 Å². The number of amides is 2. The number of hydrogen-bond donors (Lipinski definition) is 5. The molecule has 2 rings (SSSR count). The number of hydrogen-bond acceptors (Lipinski definition) is 8. The third-order valence-electron chi connectivity index (χ3n) is 5.84. The first-order chi connectivity index (χ1) is 16.9. The highest BCUT2D eigenvalue weighted by Crippen LogP contribution is 2.24. The van der Waals surface area contributed by atoms with Gasteiger partial charge in [0.1, 0.15) is 11.9 Å². The van der Waals surface area contributed by atoms with Gasteiger partial charge in [0, 0.05) is 7.05 Å². The van der Waals surface area contributed by atoms with Crippen molar-refractivity contribution in [1.29, 1.82) is 0 Å². The van der Waals surface area contributed by atoms with Gasteiger partial charge < -0.3 is 20.4 Å². The van der Waals surface area contributed by atoms with Crippen LogP contribution in [0.2, 0.25) is 0 Å². The van der Waals surface area contributed by atoms with Crippen LogP contribution in [0.15, 0.2) is 23.0 Å². The lowest BCUT2D eigenvalue weighted by Gasteiger charge is -2.33. The molecule has 0 fully saturated rings. The minimum absolute atomic E-state index is 0.0860. The van der Waals surface area contributed by atoms with E-state index >= 15 is 0 Å². The number of aryl methyl sites for hydroxylation is 1. The highest BCUT2D eigenvalue weighted by Gasteiger charge is 2.37. The van der Waals surface area contributed by atoms with E-state index in [1.54, 1.807) is 30.8 Å². The molecule has 2 amide bonds. The van der Waals surface area contributed by atoms with Crippen molar-refractivity contribution in [1.82, 2.24) is 26.2 Å². The first-order valence-electron chi connectivity index (χ1n) is 12.0. The van der Waals surface area contributed by atoms with Crippen molar-refractivity contribution in [3.05, 3.63) is 39.9 Å². The number of rotatable bonds is 12. The molecule has 0 radical (unpaired) electrons.